The number of anilines is 1. The van der Waals surface area contributed by atoms with Gasteiger partial charge in [0.05, 0.1) is 17.5 Å². The number of sulfone groups is 1. The lowest BCUT2D eigenvalue weighted by atomic mass is 10.0. The van der Waals surface area contributed by atoms with Crippen molar-refractivity contribution >= 4 is 21.4 Å². The van der Waals surface area contributed by atoms with Crippen molar-refractivity contribution in [2.45, 2.75) is 26.3 Å². The molecule has 3 rings (SSSR count). The molecule has 0 saturated carbocycles. The van der Waals surface area contributed by atoms with Crippen molar-refractivity contribution < 1.29 is 13.2 Å². The summed E-state index contributed by atoms with van der Waals surface area (Å²) >= 11 is 0. The van der Waals surface area contributed by atoms with E-state index in [0.29, 0.717) is 6.42 Å². The van der Waals surface area contributed by atoms with Gasteiger partial charge in [0.1, 0.15) is 0 Å². The number of rotatable bonds is 1. The molecule has 0 aliphatic carbocycles. The van der Waals surface area contributed by atoms with Crippen LogP contribution >= 0.6 is 0 Å². The van der Waals surface area contributed by atoms with Crippen molar-refractivity contribution in [3.8, 4) is 0 Å². The second-order valence-corrected chi connectivity index (χ2v) is 7.79. The average Bonchev–Trinajstić information content (AvgIpc) is 2.73. The van der Waals surface area contributed by atoms with Crippen LogP contribution in [0.1, 0.15) is 17.5 Å². The van der Waals surface area contributed by atoms with Gasteiger partial charge in [-0.3, -0.25) is 4.79 Å². The zero-order valence-electron chi connectivity index (χ0n) is 11.1. The van der Waals surface area contributed by atoms with Crippen LogP contribution in [0.2, 0.25) is 0 Å². The van der Waals surface area contributed by atoms with Crippen molar-refractivity contribution in [3.05, 3.63) is 29.3 Å². The Morgan fingerprint density at radius 2 is 1.89 bits per heavy atom. The summed E-state index contributed by atoms with van der Waals surface area (Å²) in [5.74, 6) is 0.286. The van der Waals surface area contributed by atoms with E-state index in [-0.39, 0.29) is 29.4 Å². The first kappa shape index (κ1) is 12.7. The highest BCUT2D eigenvalue weighted by molar-refractivity contribution is 7.91. The largest absolute Gasteiger partial charge is 0.308 e. The van der Waals surface area contributed by atoms with E-state index in [1.54, 1.807) is 4.90 Å². The normalized spacial score (nSPS) is 28.7. The zero-order valence-corrected chi connectivity index (χ0v) is 11.9. The smallest absolute Gasteiger partial charge is 0.227 e. The average molecular weight is 279 g/mol. The van der Waals surface area contributed by atoms with Crippen molar-refractivity contribution in [1.29, 1.82) is 0 Å². The SMILES string of the molecule is Cc1ccc(N2C(=O)C[C@H]3CS(=O)(=O)C[C@@H]32)cc1C. The van der Waals surface area contributed by atoms with Gasteiger partial charge in [-0.25, -0.2) is 8.42 Å². The molecule has 1 aromatic rings. The van der Waals surface area contributed by atoms with Gasteiger partial charge in [-0.2, -0.15) is 0 Å². The second kappa shape index (κ2) is 4.07. The molecule has 4 nitrogen and oxygen atoms in total. The van der Waals surface area contributed by atoms with Crippen molar-refractivity contribution in [1.82, 2.24) is 0 Å². The maximum Gasteiger partial charge on any atom is 0.227 e. The quantitative estimate of drug-likeness (QED) is 0.782. The Labute approximate surface area is 113 Å². The maximum absolute atomic E-state index is 12.1. The van der Waals surface area contributed by atoms with Gasteiger partial charge in [-0.1, -0.05) is 6.07 Å². The van der Waals surface area contributed by atoms with Gasteiger partial charge in [0, 0.05) is 18.0 Å². The molecule has 1 amide bonds. The first-order chi connectivity index (χ1) is 8.87. The van der Waals surface area contributed by atoms with Crippen LogP contribution in [0, 0.1) is 19.8 Å². The molecule has 5 heteroatoms. The van der Waals surface area contributed by atoms with Crippen LogP contribution in [0.25, 0.3) is 0 Å². The number of carbonyl (C=O) groups is 1. The van der Waals surface area contributed by atoms with Gasteiger partial charge in [-0.05, 0) is 37.1 Å². The van der Waals surface area contributed by atoms with Gasteiger partial charge in [0.15, 0.2) is 9.84 Å². The molecule has 0 spiro atoms. The van der Waals surface area contributed by atoms with E-state index in [9.17, 15) is 13.2 Å². The highest BCUT2D eigenvalue weighted by atomic mass is 32.2. The molecule has 0 unspecified atom stereocenters. The number of hydrogen-bond donors (Lipinski definition) is 0. The van der Waals surface area contributed by atoms with Crippen LogP contribution in [-0.2, 0) is 14.6 Å². The van der Waals surface area contributed by atoms with Gasteiger partial charge in [0.2, 0.25) is 5.91 Å². The molecule has 2 aliphatic heterocycles. The molecule has 102 valence electrons. The molecule has 0 radical (unpaired) electrons. The lowest BCUT2D eigenvalue weighted by Crippen LogP contribution is -2.36. The zero-order chi connectivity index (χ0) is 13.8. The summed E-state index contributed by atoms with van der Waals surface area (Å²) in [5.41, 5.74) is 3.12. The Morgan fingerprint density at radius 3 is 2.58 bits per heavy atom. The third-order valence-corrected chi connectivity index (χ3v) is 6.03. The van der Waals surface area contributed by atoms with E-state index < -0.39 is 9.84 Å². The molecule has 19 heavy (non-hydrogen) atoms. The number of aryl methyl sites for hydroxylation is 2. The summed E-state index contributed by atoms with van der Waals surface area (Å²) in [6, 6.07) is 5.70. The van der Waals surface area contributed by atoms with Crippen LogP contribution in [-0.4, -0.2) is 31.9 Å². The van der Waals surface area contributed by atoms with Crippen molar-refractivity contribution in [2.75, 3.05) is 16.4 Å². The standard InChI is InChI=1S/C14H17NO3S/c1-9-3-4-12(5-10(9)2)15-13-8-19(17,18)7-11(13)6-14(15)16/h3-5,11,13H,6-8H2,1-2H3/t11-,13-/m0/s1. The predicted molar refractivity (Wildman–Crippen MR) is 74.0 cm³/mol. The van der Waals surface area contributed by atoms with E-state index in [1.807, 2.05) is 32.0 Å². The van der Waals surface area contributed by atoms with Crippen LogP contribution in [0.5, 0.6) is 0 Å². The molecular formula is C14H17NO3S. The van der Waals surface area contributed by atoms with E-state index in [4.69, 9.17) is 0 Å². The molecule has 2 aliphatic rings. The summed E-state index contributed by atoms with van der Waals surface area (Å²) in [6.07, 6.45) is 0.358. The number of nitrogens with zero attached hydrogens (tertiary/aromatic N) is 1. The minimum Gasteiger partial charge on any atom is -0.308 e. The Hall–Kier alpha value is -1.36. The van der Waals surface area contributed by atoms with E-state index in [2.05, 4.69) is 0 Å². The molecular weight excluding hydrogens is 262 g/mol. The third kappa shape index (κ3) is 2.06. The summed E-state index contributed by atoms with van der Waals surface area (Å²) in [7, 11) is -2.98. The van der Waals surface area contributed by atoms with Crippen molar-refractivity contribution in [3.63, 3.8) is 0 Å². The number of benzene rings is 1. The van der Waals surface area contributed by atoms with Crippen LogP contribution < -0.4 is 4.90 Å². The number of amides is 1. The first-order valence-corrected chi connectivity index (χ1v) is 8.29. The molecule has 1 aromatic carbocycles. The van der Waals surface area contributed by atoms with Gasteiger partial charge < -0.3 is 4.90 Å². The maximum atomic E-state index is 12.1. The number of carbonyl (C=O) groups excluding carboxylic acids is 1. The fourth-order valence-corrected chi connectivity index (χ4v) is 5.17. The van der Waals surface area contributed by atoms with Gasteiger partial charge >= 0.3 is 0 Å². The molecule has 2 fully saturated rings. The Morgan fingerprint density at radius 1 is 1.16 bits per heavy atom. The Balaban J connectivity index is 1.99. The fourth-order valence-electron chi connectivity index (χ4n) is 3.10. The van der Waals surface area contributed by atoms with Gasteiger partial charge in [0.25, 0.3) is 0 Å². The monoisotopic (exact) mass is 279 g/mol. The Kier molecular flexibility index (Phi) is 2.71. The lowest BCUT2D eigenvalue weighted by Gasteiger charge is -2.24. The van der Waals surface area contributed by atoms with Crippen LogP contribution in [0.15, 0.2) is 18.2 Å². The molecule has 2 heterocycles. The van der Waals surface area contributed by atoms with Crippen LogP contribution in [0.3, 0.4) is 0 Å². The second-order valence-electron chi connectivity index (χ2n) is 5.64. The third-order valence-electron chi connectivity index (χ3n) is 4.24. The topological polar surface area (TPSA) is 54.5 Å². The molecule has 0 bridgehead atoms. The van der Waals surface area contributed by atoms with E-state index in [1.165, 1.54) is 5.56 Å². The lowest BCUT2D eigenvalue weighted by molar-refractivity contribution is -0.117. The minimum atomic E-state index is -2.98. The minimum absolute atomic E-state index is 0.0286. The number of fused-ring (bicyclic) bond motifs is 1. The summed E-state index contributed by atoms with van der Waals surface area (Å²) in [6.45, 7) is 4.02. The molecule has 2 atom stereocenters. The molecule has 0 aromatic heterocycles. The highest BCUT2D eigenvalue weighted by Crippen LogP contribution is 2.37. The molecule has 2 saturated heterocycles. The van der Waals surface area contributed by atoms with Crippen LogP contribution in [0.4, 0.5) is 5.69 Å². The highest BCUT2D eigenvalue weighted by Gasteiger charge is 2.49. The predicted octanol–water partition coefficient (Wildman–Crippen LogP) is 1.45. The summed E-state index contributed by atoms with van der Waals surface area (Å²) in [4.78, 5) is 13.8. The Bertz CT molecular complexity index is 651. The van der Waals surface area contributed by atoms with E-state index in [0.717, 1.165) is 11.3 Å². The summed E-state index contributed by atoms with van der Waals surface area (Å²) < 4.78 is 23.4. The molecule has 0 N–H and O–H groups in total. The first-order valence-electron chi connectivity index (χ1n) is 6.47. The fraction of sp³-hybridized carbons (Fsp3) is 0.500. The van der Waals surface area contributed by atoms with Crippen molar-refractivity contribution in [2.24, 2.45) is 5.92 Å². The summed E-state index contributed by atoms with van der Waals surface area (Å²) in [5, 5.41) is 0. The van der Waals surface area contributed by atoms with Gasteiger partial charge in [-0.15, -0.1) is 0 Å². The van der Waals surface area contributed by atoms with E-state index >= 15 is 0 Å². The number of hydrogen-bond acceptors (Lipinski definition) is 3.